The summed E-state index contributed by atoms with van der Waals surface area (Å²) in [5, 5.41) is 12.3. The van der Waals surface area contributed by atoms with E-state index in [0.717, 1.165) is 11.3 Å². The van der Waals surface area contributed by atoms with Gasteiger partial charge < -0.3 is 15.2 Å². The van der Waals surface area contributed by atoms with Crippen molar-refractivity contribution in [2.24, 2.45) is 0 Å². The summed E-state index contributed by atoms with van der Waals surface area (Å²) < 4.78 is 5.92. The van der Waals surface area contributed by atoms with Gasteiger partial charge in [-0.15, -0.1) is 0 Å². The van der Waals surface area contributed by atoms with Gasteiger partial charge in [-0.2, -0.15) is 0 Å². The lowest BCUT2D eigenvalue weighted by Crippen LogP contribution is -2.07. The molecule has 0 radical (unpaired) electrons. The number of anilines is 1. The molecule has 0 spiro atoms. The second-order valence-corrected chi connectivity index (χ2v) is 6.27. The van der Waals surface area contributed by atoms with E-state index in [1.165, 1.54) is 31.2 Å². The van der Waals surface area contributed by atoms with Crippen LogP contribution in [0.25, 0.3) is 0 Å². The summed E-state index contributed by atoms with van der Waals surface area (Å²) in [5.41, 5.74) is 3.46. The Balaban J connectivity index is 1.50. The van der Waals surface area contributed by atoms with Gasteiger partial charge in [-0.25, -0.2) is 4.79 Å². The van der Waals surface area contributed by atoms with Crippen LogP contribution >= 0.6 is 0 Å². The van der Waals surface area contributed by atoms with Gasteiger partial charge in [-0.1, -0.05) is 37.1 Å². The number of benzene rings is 2. The molecule has 126 valence electrons. The molecule has 0 heterocycles. The van der Waals surface area contributed by atoms with Crippen molar-refractivity contribution >= 4 is 11.7 Å². The Morgan fingerprint density at radius 1 is 1.08 bits per heavy atom. The first-order valence-corrected chi connectivity index (χ1v) is 8.47. The van der Waals surface area contributed by atoms with E-state index in [-0.39, 0.29) is 0 Å². The van der Waals surface area contributed by atoms with Crippen molar-refractivity contribution in [2.45, 2.75) is 44.9 Å². The lowest BCUT2D eigenvalue weighted by Gasteiger charge is -2.12. The van der Waals surface area contributed by atoms with E-state index in [1.807, 2.05) is 18.2 Å². The first-order chi connectivity index (χ1) is 11.7. The van der Waals surface area contributed by atoms with Gasteiger partial charge in [0.1, 0.15) is 0 Å². The number of rotatable bonds is 7. The predicted octanol–water partition coefficient (Wildman–Crippen LogP) is 4.46. The Labute approximate surface area is 142 Å². The van der Waals surface area contributed by atoms with Crippen LogP contribution < -0.4 is 5.32 Å². The zero-order valence-corrected chi connectivity index (χ0v) is 13.7. The third kappa shape index (κ3) is 4.59. The van der Waals surface area contributed by atoms with Crippen LogP contribution in [0.5, 0.6) is 0 Å². The van der Waals surface area contributed by atoms with E-state index >= 15 is 0 Å². The Hall–Kier alpha value is -2.33. The Morgan fingerprint density at radius 3 is 2.54 bits per heavy atom. The minimum Gasteiger partial charge on any atom is -0.478 e. The van der Waals surface area contributed by atoms with Crippen molar-refractivity contribution in [3.63, 3.8) is 0 Å². The van der Waals surface area contributed by atoms with Gasteiger partial charge in [-0.3, -0.25) is 0 Å². The minimum absolute atomic E-state index is 0.314. The molecule has 2 N–H and O–H groups in total. The average molecular weight is 325 g/mol. The fraction of sp³-hybridized carbons (Fsp3) is 0.350. The molecule has 0 saturated heterocycles. The standard InChI is InChI=1S/C20H23NO3/c22-20(23)17-5-3-4-16(12-17)13-21-18-10-8-15(9-11-18)14-24-19-6-1-2-7-19/h3-5,8-12,19,21H,1-2,6-7,13-14H2,(H,22,23). The maximum absolute atomic E-state index is 11.0. The highest BCUT2D eigenvalue weighted by molar-refractivity contribution is 5.87. The maximum Gasteiger partial charge on any atom is 0.335 e. The maximum atomic E-state index is 11.0. The monoisotopic (exact) mass is 325 g/mol. The quantitative estimate of drug-likeness (QED) is 0.789. The summed E-state index contributed by atoms with van der Waals surface area (Å²) in [5.74, 6) is -0.900. The van der Waals surface area contributed by atoms with Crippen LogP contribution in [0.15, 0.2) is 48.5 Å². The van der Waals surface area contributed by atoms with Gasteiger partial charge in [0.15, 0.2) is 0 Å². The number of carboxylic acids is 1. The smallest absolute Gasteiger partial charge is 0.335 e. The van der Waals surface area contributed by atoms with E-state index < -0.39 is 5.97 Å². The van der Waals surface area contributed by atoms with Crippen molar-refractivity contribution < 1.29 is 14.6 Å². The lowest BCUT2D eigenvalue weighted by atomic mass is 10.1. The van der Waals surface area contributed by atoms with Crippen LogP contribution in [-0.2, 0) is 17.9 Å². The topological polar surface area (TPSA) is 58.6 Å². The molecule has 4 heteroatoms. The molecule has 4 nitrogen and oxygen atoms in total. The third-order valence-corrected chi connectivity index (χ3v) is 4.41. The highest BCUT2D eigenvalue weighted by Crippen LogP contribution is 2.22. The summed E-state index contributed by atoms with van der Waals surface area (Å²) in [7, 11) is 0. The SMILES string of the molecule is O=C(O)c1cccc(CNc2ccc(COC3CCCC3)cc2)c1. The van der Waals surface area contributed by atoms with Crippen LogP contribution in [0.2, 0.25) is 0 Å². The molecule has 1 saturated carbocycles. The first-order valence-electron chi connectivity index (χ1n) is 8.47. The van der Waals surface area contributed by atoms with E-state index in [1.54, 1.807) is 18.2 Å². The number of nitrogens with one attached hydrogen (secondary N) is 1. The number of hydrogen-bond acceptors (Lipinski definition) is 3. The first kappa shape index (κ1) is 16.5. The van der Waals surface area contributed by atoms with E-state index in [9.17, 15) is 4.79 Å². The van der Waals surface area contributed by atoms with Crippen molar-refractivity contribution in [3.8, 4) is 0 Å². The zero-order chi connectivity index (χ0) is 16.8. The molecule has 1 fully saturated rings. The van der Waals surface area contributed by atoms with Crippen LogP contribution in [0, 0.1) is 0 Å². The summed E-state index contributed by atoms with van der Waals surface area (Å²) in [6.07, 6.45) is 5.39. The third-order valence-electron chi connectivity index (χ3n) is 4.41. The Bertz CT molecular complexity index is 676. The molecule has 0 atom stereocenters. The van der Waals surface area contributed by atoms with Crippen LogP contribution in [0.1, 0.15) is 47.2 Å². The number of carbonyl (C=O) groups is 1. The van der Waals surface area contributed by atoms with E-state index in [0.29, 0.717) is 24.8 Å². The fourth-order valence-electron chi connectivity index (χ4n) is 3.01. The summed E-state index contributed by atoms with van der Waals surface area (Å²) >= 11 is 0. The second-order valence-electron chi connectivity index (χ2n) is 6.27. The largest absolute Gasteiger partial charge is 0.478 e. The molecule has 0 amide bonds. The van der Waals surface area contributed by atoms with Gasteiger partial charge >= 0.3 is 5.97 Å². The molecule has 24 heavy (non-hydrogen) atoms. The van der Waals surface area contributed by atoms with Gasteiger partial charge in [0, 0.05) is 12.2 Å². The van der Waals surface area contributed by atoms with Crippen LogP contribution in [0.4, 0.5) is 5.69 Å². The second kappa shape index (κ2) is 7.97. The fourth-order valence-corrected chi connectivity index (χ4v) is 3.01. The van der Waals surface area contributed by atoms with Gasteiger partial charge in [0.25, 0.3) is 0 Å². The molecule has 2 aromatic rings. The summed E-state index contributed by atoms with van der Waals surface area (Å²) in [4.78, 5) is 11.0. The molecule has 0 bridgehead atoms. The molecule has 1 aliphatic carbocycles. The van der Waals surface area contributed by atoms with E-state index in [2.05, 4.69) is 17.4 Å². The van der Waals surface area contributed by atoms with Crippen LogP contribution in [0.3, 0.4) is 0 Å². The van der Waals surface area contributed by atoms with Gasteiger partial charge in [0.2, 0.25) is 0 Å². The lowest BCUT2D eigenvalue weighted by molar-refractivity contribution is 0.0457. The minimum atomic E-state index is -0.900. The van der Waals surface area contributed by atoms with Crippen molar-refractivity contribution in [2.75, 3.05) is 5.32 Å². The van der Waals surface area contributed by atoms with E-state index in [4.69, 9.17) is 9.84 Å². The summed E-state index contributed by atoms with van der Waals surface area (Å²) in [6, 6.07) is 15.2. The molecule has 2 aromatic carbocycles. The molecule has 0 unspecified atom stereocenters. The highest BCUT2D eigenvalue weighted by atomic mass is 16.5. The number of hydrogen-bond donors (Lipinski definition) is 2. The highest BCUT2D eigenvalue weighted by Gasteiger charge is 2.14. The normalized spacial score (nSPS) is 14.7. The number of aromatic carboxylic acids is 1. The van der Waals surface area contributed by atoms with Crippen molar-refractivity contribution in [1.29, 1.82) is 0 Å². The molecular formula is C20H23NO3. The number of carboxylic acid groups (broad SMARTS) is 1. The predicted molar refractivity (Wildman–Crippen MR) is 94.2 cm³/mol. The molecule has 0 aliphatic heterocycles. The van der Waals surface area contributed by atoms with Gasteiger partial charge in [-0.05, 0) is 48.2 Å². The zero-order valence-electron chi connectivity index (χ0n) is 13.7. The molecule has 1 aliphatic rings. The summed E-state index contributed by atoms with van der Waals surface area (Å²) in [6.45, 7) is 1.27. The molecule has 3 rings (SSSR count). The molecule has 0 aromatic heterocycles. The van der Waals surface area contributed by atoms with Gasteiger partial charge in [0.05, 0.1) is 18.3 Å². The van der Waals surface area contributed by atoms with Crippen molar-refractivity contribution in [3.05, 3.63) is 65.2 Å². The Kier molecular flexibility index (Phi) is 5.49. The van der Waals surface area contributed by atoms with Crippen molar-refractivity contribution in [1.82, 2.24) is 0 Å². The van der Waals surface area contributed by atoms with Crippen LogP contribution in [-0.4, -0.2) is 17.2 Å². The Morgan fingerprint density at radius 2 is 1.83 bits per heavy atom. The number of ether oxygens (including phenoxy) is 1. The average Bonchev–Trinajstić information content (AvgIpc) is 3.13. The molecular weight excluding hydrogens is 302 g/mol.